The quantitative estimate of drug-likeness (QED) is 0.269. The van der Waals surface area contributed by atoms with Gasteiger partial charge in [-0.2, -0.15) is 0 Å². The molecule has 2 aromatic rings. The molecule has 1 saturated heterocycles. The third kappa shape index (κ3) is 8.79. The fraction of sp³-hybridized carbons (Fsp3) is 0.600. The Balaban J connectivity index is 1.39. The van der Waals surface area contributed by atoms with E-state index in [-0.39, 0.29) is 6.29 Å². The molecule has 3 rings (SSSR count). The molecule has 0 bridgehead atoms. The van der Waals surface area contributed by atoms with E-state index in [9.17, 15) is 0 Å². The summed E-state index contributed by atoms with van der Waals surface area (Å²) in [4.78, 5) is 0. The molecule has 1 aliphatic rings. The molecule has 1 heterocycles. The molecule has 33 heavy (non-hydrogen) atoms. The molecule has 0 radical (unpaired) electrons. The molecule has 1 fully saturated rings. The van der Waals surface area contributed by atoms with Crippen molar-refractivity contribution in [3.05, 3.63) is 54.1 Å². The van der Waals surface area contributed by atoms with Crippen LogP contribution in [0.25, 0.3) is 11.1 Å². The smallest absolute Gasteiger partial charge is 0.183 e. The number of hydrogen-bond donors (Lipinski definition) is 0. The van der Waals surface area contributed by atoms with Gasteiger partial charge >= 0.3 is 0 Å². The van der Waals surface area contributed by atoms with Crippen molar-refractivity contribution in [3.8, 4) is 16.9 Å². The van der Waals surface area contributed by atoms with Gasteiger partial charge in [0.2, 0.25) is 0 Å². The monoisotopic (exact) mass is 452 g/mol. The van der Waals surface area contributed by atoms with Crippen molar-refractivity contribution < 1.29 is 14.2 Å². The minimum atomic E-state index is -0.235. The van der Waals surface area contributed by atoms with Gasteiger partial charge in [0.1, 0.15) is 5.75 Å². The summed E-state index contributed by atoms with van der Waals surface area (Å²) in [6.45, 7) is 9.06. The lowest BCUT2D eigenvalue weighted by molar-refractivity contribution is -0.206. The highest BCUT2D eigenvalue weighted by Crippen LogP contribution is 2.30. The van der Waals surface area contributed by atoms with E-state index < -0.39 is 0 Å². The van der Waals surface area contributed by atoms with Crippen molar-refractivity contribution in [3.63, 3.8) is 0 Å². The van der Waals surface area contributed by atoms with Crippen LogP contribution < -0.4 is 4.74 Å². The standard InChI is InChI=1S/C30H44O3/c1-4-6-7-8-9-10-11-12-25-22-32-30(33-23-25)28-15-13-26(14-16-28)27-17-19-29(20-18-27)31-21-24(3)5-2/h13-20,24-25,30H,4-12,21-23H2,1-3H3/t24-,25?,30?/m0/s1. The summed E-state index contributed by atoms with van der Waals surface area (Å²) in [5.41, 5.74) is 3.49. The fourth-order valence-corrected chi connectivity index (χ4v) is 4.23. The lowest BCUT2D eigenvalue weighted by atomic mass is 10.00. The van der Waals surface area contributed by atoms with Gasteiger partial charge in [0.15, 0.2) is 6.29 Å². The summed E-state index contributed by atoms with van der Waals surface area (Å²) >= 11 is 0. The van der Waals surface area contributed by atoms with E-state index in [4.69, 9.17) is 14.2 Å². The van der Waals surface area contributed by atoms with Gasteiger partial charge in [0.25, 0.3) is 0 Å². The van der Waals surface area contributed by atoms with Crippen LogP contribution in [0, 0.1) is 11.8 Å². The minimum absolute atomic E-state index is 0.235. The third-order valence-corrected chi connectivity index (χ3v) is 6.78. The van der Waals surface area contributed by atoms with Crippen molar-refractivity contribution in [1.29, 1.82) is 0 Å². The zero-order valence-corrected chi connectivity index (χ0v) is 21.1. The van der Waals surface area contributed by atoms with Crippen molar-refractivity contribution in [2.45, 2.75) is 84.8 Å². The van der Waals surface area contributed by atoms with Crippen molar-refractivity contribution in [1.82, 2.24) is 0 Å². The number of benzene rings is 2. The highest BCUT2D eigenvalue weighted by molar-refractivity contribution is 5.64. The second kappa shape index (κ2) is 14.4. The van der Waals surface area contributed by atoms with E-state index in [1.165, 1.54) is 62.5 Å². The molecule has 1 atom stereocenters. The van der Waals surface area contributed by atoms with E-state index >= 15 is 0 Å². The molecule has 3 heteroatoms. The fourth-order valence-electron chi connectivity index (χ4n) is 4.23. The highest BCUT2D eigenvalue weighted by atomic mass is 16.7. The molecular weight excluding hydrogens is 408 g/mol. The van der Waals surface area contributed by atoms with Crippen molar-refractivity contribution >= 4 is 0 Å². The largest absolute Gasteiger partial charge is 0.493 e. The van der Waals surface area contributed by atoms with Gasteiger partial charge in [0.05, 0.1) is 19.8 Å². The second-order valence-corrected chi connectivity index (χ2v) is 9.75. The maximum atomic E-state index is 6.06. The maximum Gasteiger partial charge on any atom is 0.183 e. The topological polar surface area (TPSA) is 27.7 Å². The number of ether oxygens (including phenoxy) is 3. The van der Waals surface area contributed by atoms with Crippen LogP contribution in [0.1, 0.15) is 90.4 Å². The molecule has 182 valence electrons. The lowest BCUT2D eigenvalue weighted by Crippen LogP contribution is -2.27. The predicted molar refractivity (Wildman–Crippen MR) is 138 cm³/mol. The third-order valence-electron chi connectivity index (χ3n) is 6.78. The summed E-state index contributed by atoms with van der Waals surface area (Å²) in [5, 5.41) is 0. The predicted octanol–water partition coefficient (Wildman–Crippen LogP) is 8.58. The Kier molecular flexibility index (Phi) is 11.3. The van der Waals surface area contributed by atoms with E-state index in [2.05, 4.69) is 69.3 Å². The minimum Gasteiger partial charge on any atom is -0.493 e. The first-order chi connectivity index (χ1) is 16.2. The molecular formula is C30H44O3. The Hall–Kier alpha value is -1.84. The van der Waals surface area contributed by atoms with Crippen molar-refractivity contribution in [2.75, 3.05) is 19.8 Å². The van der Waals surface area contributed by atoms with Gasteiger partial charge in [-0.25, -0.2) is 0 Å². The summed E-state index contributed by atoms with van der Waals surface area (Å²) in [5.74, 6) is 2.06. The van der Waals surface area contributed by atoms with Gasteiger partial charge in [0, 0.05) is 11.5 Å². The van der Waals surface area contributed by atoms with E-state index in [1.807, 2.05) is 0 Å². The SMILES string of the molecule is CCCCCCCCCC1COC(c2ccc(-c3ccc(OC[C@@H](C)CC)cc3)cc2)OC1. The summed E-state index contributed by atoms with van der Waals surface area (Å²) in [7, 11) is 0. The number of unbranched alkanes of at least 4 members (excludes halogenated alkanes) is 6. The van der Waals surface area contributed by atoms with Crippen LogP contribution in [0.4, 0.5) is 0 Å². The Bertz CT molecular complexity index is 760. The van der Waals surface area contributed by atoms with Crippen molar-refractivity contribution in [2.24, 2.45) is 11.8 Å². The second-order valence-electron chi connectivity index (χ2n) is 9.75. The summed E-state index contributed by atoms with van der Waals surface area (Å²) in [6.07, 6.45) is 11.6. The molecule has 0 spiro atoms. The summed E-state index contributed by atoms with van der Waals surface area (Å²) < 4.78 is 18.0. The Morgan fingerprint density at radius 1 is 0.788 bits per heavy atom. The van der Waals surface area contributed by atoms with Gasteiger partial charge < -0.3 is 14.2 Å². The van der Waals surface area contributed by atoms with Gasteiger partial charge in [-0.05, 0) is 35.6 Å². The average Bonchev–Trinajstić information content (AvgIpc) is 2.87. The Morgan fingerprint density at radius 2 is 1.36 bits per heavy atom. The summed E-state index contributed by atoms with van der Waals surface area (Å²) in [6, 6.07) is 16.9. The van der Waals surface area contributed by atoms with Crippen LogP contribution in [-0.4, -0.2) is 19.8 Å². The molecule has 0 saturated carbocycles. The number of hydrogen-bond acceptors (Lipinski definition) is 3. The first-order valence-corrected chi connectivity index (χ1v) is 13.3. The number of rotatable bonds is 14. The van der Waals surface area contributed by atoms with Crippen LogP contribution in [0.2, 0.25) is 0 Å². The zero-order valence-electron chi connectivity index (χ0n) is 21.1. The van der Waals surface area contributed by atoms with Crippen LogP contribution in [0.3, 0.4) is 0 Å². The zero-order chi connectivity index (χ0) is 23.3. The molecule has 2 aromatic carbocycles. The lowest BCUT2D eigenvalue weighted by Gasteiger charge is -2.29. The normalized spacial score (nSPS) is 19.4. The first-order valence-electron chi connectivity index (χ1n) is 13.3. The van der Waals surface area contributed by atoms with Gasteiger partial charge in [-0.15, -0.1) is 0 Å². The van der Waals surface area contributed by atoms with E-state index in [0.29, 0.717) is 11.8 Å². The molecule has 0 unspecified atom stereocenters. The van der Waals surface area contributed by atoms with Crippen LogP contribution in [0.15, 0.2) is 48.5 Å². The Morgan fingerprint density at radius 3 is 1.97 bits per heavy atom. The molecule has 3 nitrogen and oxygen atoms in total. The van der Waals surface area contributed by atoms with E-state index in [1.54, 1.807) is 0 Å². The van der Waals surface area contributed by atoms with E-state index in [0.717, 1.165) is 37.6 Å². The van der Waals surface area contributed by atoms with Crippen LogP contribution >= 0.6 is 0 Å². The molecule has 1 aliphatic heterocycles. The van der Waals surface area contributed by atoms with Crippen LogP contribution in [-0.2, 0) is 9.47 Å². The maximum absolute atomic E-state index is 6.06. The molecule has 0 aliphatic carbocycles. The molecule has 0 aromatic heterocycles. The highest BCUT2D eigenvalue weighted by Gasteiger charge is 2.23. The average molecular weight is 453 g/mol. The Labute approximate surface area is 201 Å². The first kappa shape index (κ1) is 25.8. The molecule has 0 amide bonds. The molecule has 0 N–H and O–H groups in total. The van der Waals surface area contributed by atoms with Gasteiger partial charge in [-0.3, -0.25) is 0 Å². The van der Waals surface area contributed by atoms with Crippen LogP contribution in [0.5, 0.6) is 5.75 Å². The van der Waals surface area contributed by atoms with Gasteiger partial charge in [-0.1, -0.05) is 109 Å².